The molecule has 1 aromatic carbocycles. The third-order valence-electron chi connectivity index (χ3n) is 5.60. The molecule has 3 aromatic rings. The Labute approximate surface area is 166 Å². The van der Waals surface area contributed by atoms with Gasteiger partial charge in [-0.25, -0.2) is 0 Å². The molecule has 1 saturated heterocycles. The molecule has 0 radical (unpaired) electrons. The van der Waals surface area contributed by atoms with Crippen molar-refractivity contribution in [2.24, 2.45) is 7.05 Å². The van der Waals surface area contributed by atoms with Crippen LogP contribution in [0.3, 0.4) is 0 Å². The summed E-state index contributed by atoms with van der Waals surface area (Å²) >= 11 is 0. The molecule has 2 aromatic heterocycles. The molecule has 0 unspecified atom stereocenters. The molecule has 1 aliphatic rings. The zero-order valence-electron chi connectivity index (χ0n) is 16.9. The molecule has 0 N–H and O–H groups in total. The summed E-state index contributed by atoms with van der Waals surface area (Å²) < 4.78 is 12.9. The molecule has 4 rings (SSSR count). The van der Waals surface area contributed by atoms with E-state index in [1.807, 2.05) is 36.0 Å². The third-order valence-corrected chi connectivity index (χ3v) is 5.60. The lowest BCUT2D eigenvalue weighted by atomic mass is 10.0. The maximum absolute atomic E-state index is 5.71. The van der Waals surface area contributed by atoms with E-state index in [0.717, 1.165) is 48.0 Å². The number of methoxy groups -OCH3 is 1. The van der Waals surface area contributed by atoms with Crippen molar-refractivity contribution in [3.8, 4) is 17.1 Å². The standard InChI is InChI=1S/C22H28N4O2/c1-16-18(14-25(2)23-16)15-26-12-6-4-5-7-21(26)20-13-22(28-24-20)17-8-10-19(27-3)11-9-17/h8-11,13-14,21H,4-7,12,15H2,1-3H3/t21-/m1/s1. The van der Waals surface area contributed by atoms with Gasteiger partial charge in [0.1, 0.15) is 11.4 Å². The molecular weight excluding hydrogens is 352 g/mol. The van der Waals surface area contributed by atoms with Gasteiger partial charge in [-0.15, -0.1) is 0 Å². The Balaban J connectivity index is 1.57. The second kappa shape index (κ2) is 8.19. The minimum absolute atomic E-state index is 0.276. The molecule has 148 valence electrons. The smallest absolute Gasteiger partial charge is 0.167 e. The molecule has 6 nitrogen and oxygen atoms in total. The molecule has 1 fully saturated rings. The molecule has 0 amide bonds. The van der Waals surface area contributed by atoms with Gasteiger partial charge in [-0.1, -0.05) is 18.0 Å². The van der Waals surface area contributed by atoms with Crippen LogP contribution >= 0.6 is 0 Å². The fourth-order valence-electron chi connectivity index (χ4n) is 4.05. The lowest BCUT2D eigenvalue weighted by Gasteiger charge is -2.28. The average molecular weight is 380 g/mol. The summed E-state index contributed by atoms with van der Waals surface area (Å²) in [7, 11) is 3.65. The fourth-order valence-corrected chi connectivity index (χ4v) is 4.05. The van der Waals surface area contributed by atoms with E-state index >= 15 is 0 Å². The largest absolute Gasteiger partial charge is 0.497 e. The van der Waals surface area contributed by atoms with Crippen LogP contribution in [0.25, 0.3) is 11.3 Å². The maximum atomic E-state index is 5.71. The number of rotatable bonds is 5. The Morgan fingerprint density at radius 2 is 2.00 bits per heavy atom. The number of aryl methyl sites for hydroxylation is 2. The van der Waals surface area contributed by atoms with Crippen molar-refractivity contribution in [2.75, 3.05) is 13.7 Å². The minimum Gasteiger partial charge on any atom is -0.497 e. The zero-order valence-corrected chi connectivity index (χ0v) is 16.9. The first-order valence-corrected chi connectivity index (χ1v) is 9.98. The van der Waals surface area contributed by atoms with Crippen molar-refractivity contribution in [1.29, 1.82) is 0 Å². The highest BCUT2D eigenvalue weighted by atomic mass is 16.5. The van der Waals surface area contributed by atoms with Gasteiger partial charge in [0.25, 0.3) is 0 Å². The SMILES string of the molecule is COc1ccc(-c2cc([C@H]3CCCCCN3Cc3cn(C)nc3C)no2)cc1. The van der Waals surface area contributed by atoms with Crippen LogP contribution in [0.5, 0.6) is 5.75 Å². The van der Waals surface area contributed by atoms with Crippen LogP contribution in [0.2, 0.25) is 0 Å². The summed E-state index contributed by atoms with van der Waals surface area (Å²) in [5, 5.41) is 8.95. The summed E-state index contributed by atoms with van der Waals surface area (Å²) in [5.41, 5.74) is 4.43. The second-order valence-corrected chi connectivity index (χ2v) is 7.59. The number of likely N-dealkylation sites (tertiary alicyclic amines) is 1. The van der Waals surface area contributed by atoms with Gasteiger partial charge in [-0.3, -0.25) is 9.58 Å². The molecule has 3 heterocycles. The van der Waals surface area contributed by atoms with E-state index in [9.17, 15) is 0 Å². The topological polar surface area (TPSA) is 56.3 Å². The van der Waals surface area contributed by atoms with Crippen molar-refractivity contribution in [3.63, 3.8) is 0 Å². The van der Waals surface area contributed by atoms with Crippen molar-refractivity contribution < 1.29 is 9.26 Å². The van der Waals surface area contributed by atoms with Crippen molar-refractivity contribution in [1.82, 2.24) is 19.8 Å². The van der Waals surface area contributed by atoms with E-state index in [4.69, 9.17) is 9.26 Å². The highest BCUT2D eigenvalue weighted by Crippen LogP contribution is 2.33. The molecule has 0 saturated carbocycles. The first-order valence-electron chi connectivity index (χ1n) is 9.98. The van der Waals surface area contributed by atoms with Crippen molar-refractivity contribution in [2.45, 2.75) is 45.2 Å². The van der Waals surface area contributed by atoms with Crippen LogP contribution in [-0.4, -0.2) is 33.5 Å². The molecular formula is C22H28N4O2. The normalized spacial score (nSPS) is 18.2. The second-order valence-electron chi connectivity index (χ2n) is 7.59. The third kappa shape index (κ3) is 3.97. The van der Waals surface area contributed by atoms with Crippen LogP contribution in [0.4, 0.5) is 0 Å². The van der Waals surface area contributed by atoms with Crippen LogP contribution in [-0.2, 0) is 13.6 Å². The number of hydrogen-bond donors (Lipinski definition) is 0. The molecule has 0 spiro atoms. The van der Waals surface area contributed by atoms with E-state index in [1.54, 1.807) is 7.11 Å². The van der Waals surface area contributed by atoms with Crippen LogP contribution < -0.4 is 4.74 Å². The van der Waals surface area contributed by atoms with Gasteiger partial charge in [0, 0.05) is 37.0 Å². The van der Waals surface area contributed by atoms with Gasteiger partial charge in [0.05, 0.1) is 18.8 Å². The van der Waals surface area contributed by atoms with E-state index in [0.29, 0.717) is 0 Å². The summed E-state index contributed by atoms with van der Waals surface area (Å²) in [6.45, 7) is 4.05. The summed E-state index contributed by atoms with van der Waals surface area (Å²) in [4.78, 5) is 2.53. The molecule has 1 atom stereocenters. The van der Waals surface area contributed by atoms with Gasteiger partial charge in [0.2, 0.25) is 0 Å². The van der Waals surface area contributed by atoms with Crippen LogP contribution in [0.1, 0.15) is 48.7 Å². The summed E-state index contributed by atoms with van der Waals surface area (Å²) in [6.07, 6.45) is 6.94. The van der Waals surface area contributed by atoms with Crippen LogP contribution in [0.15, 0.2) is 41.1 Å². The number of hydrogen-bond acceptors (Lipinski definition) is 5. The zero-order chi connectivity index (χ0) is 19.5. The van der Waals surface area contributed by atoms with Gasteiger partial charge in [-0.2, -0.15) is 5.10 Å². The molecule has 28 heavy (non-hydrogen) atoms. The van der Waals surface area contributed by atoms with E-state index in [1.165, 1.54) is 24.8 Å². The Morgan fingerprint density at radius 3 is 2.71 bits per heavy atom. The first kappa shape index (κ1) is 18.7. The number of benzene rings is 1. The summed E-state index contributed by atoms with van der Waals surface area (Å²) in [5.74, 6) is 1.64. The highest BCUT2D eigenvalue weighted by molar-refractivity contribution is 5.58. The van der Waals surface area contributed by atoms with Gasteiger partial charge >= 0.3 is 0 Å². The molecule has 0 bridgehead atoms. The highest BCUT2D eigenvalue weighted by Gasteiger charge is 2.26. The van der Waals surface area contributed by atoms with Crippen molar-refractivity contribution in [3.05, 3.63) is 53.5 Å². The van der Waals surface area contributed by atoms with E-state index in [-0.39, 0.29) is 6.04 Å². The average Bonchev–Trinajstić information content (AvgIpc) is 3.23. The lowest BCUT2D eigenvalue weighted by Crippen LogP contribution is -2.28. The Kier molecular flexibility index (Phi) is 5.48. The lowest BCUT2D eigenvalue weighted by molar-refractivity contribution is 0.183. The number of nitrogens with zero attached hydrogens (tertiary/aromatic N) is 4. The number of ether oxygens (including phenoxy) is 1. The fraction of sp³-hybridized carbons (Fsp3) is 0.455. The molecule has 0 aliphatic carbocycles. The Morgan fingerprint density at radius 1 is 1.18 bits per heavy atom. The predicted octanol–water partition coefficient (Wildman–Crippen LogP) is 4.51. The van der Waals surface area contributed by atoms with E-state index in [2.05, 4.69) is 34.3 Å². The van der Waals surface area contributed by atoms with Gasteiger partial charge in [-0.05, 0) is 50.6 Å². The summed E-state index contributed by atoms with van der Waals surface area (Å²) in [6, 6.07) is 10.3. The van der Waals surface area contributed by atoms with Crippen LogP contribution in [0, 0.1) is 6.92 Å². The Bertz CT molecular complexity index is 913. The van der Waals surface area contributed by atoms with Gasteiger partial charge < -0.3 is 9.26 Å². The quantitative estimate of drug-likeness (QED) is 0.652. The Hall–Kier alpha value is -2.60. The number of aromatic nitrogens is 3. The monoisotopic (exact) mass is 380 g/mol. The predicted molar refractivity (Wildman–Crippen MR) is 108 cm³/mol. The first-order chi connectivity index (χ1) is 13.6. The van der Waals surface area contributed by atoms with Crippen molar-refractivity contribution >= 4 is 0 Å². The molecule has 6 heteroatoms. The van der Waals surface area contributed by atoms with E-state index < -0.39 is 0 Å². The maximum Gasteiger partial charge on any atom is 0.167 e. The minimum atomic E-state index is 0.276. The molecule has 1 aliphatic heterocycles. The van der Waals surface area contributed by atoms with Gasteiger partial charge in [0.15, 0.2) is 5.76 Å².